The van der Waals surface area contributed by atoms with E-state index in [0.29, 0.717) is 4.47 Å². The maximum Gasteiger partial charge on any atom is 0.278 e. The fraction of sp³-hybridized carbons (Fsp3) is 0.125. The number of carbonyl (C=O) groups is 1. The van der Waals surface area contributed by atoms with Crippen molar-refractivity contribution >= 4 is 21.8 Å². The topological polar surface area (TPSA) is 58.6 Å². The summed E-state index contributed by atoms with van der Waals surface area (Å²) in [6.07, 6.45) is 0. The summed E-state index contributed by atoms with van der Waals surface area (Å²) in [4.78, 5) is 15.6. The van der Waals surface area contributed by atoms with E-state index in [1.165, 1.54) is 19.2 Å². The number of carbonyl (C=O) groups excluding carboxylic acids is 1. The van der Waals surface area contributed by atoms with Crippen LogP contribution in [0.2, 0.25) is 0 Å². The second-order valence-electron chi connectivity index (χ2n) is 2.30. The van der Waals surface area contributed by atoms with Crippen molar-refractivity contribution in [1.82, 2.24) is 5.48 Å². The second kappa shape index (κ2) is 4.25. The molecule has 13 heavy (non-hydrogen) atoms. The predicted molar refractivity (Wildman–Crippen MR) is 50.3 cm³/mol. The Hall–Kier alpha value is -1.07. The highest BCUT2D eigenvalue weighted by atomic mass is 79.9. The predicted octanol–water partition coefficient (Wildman–Crippen LogP) is 1.45. The van der Waals surface area contributed by atoms with E-state index in [4.69, 9.17) is 0 Å². The molecule has 1 aromatic rings. The Morgan fingerprint density at radius 1 is 1.62 bits per heavy atom. The minimum absolute atomic E-state index is 0.0854. The van der Waals surface area contributed by atoms with Gasteiger partial charge in [0.15, 0.2) is 0 Å². The molecule has 0 saturated carbocycles. The Morgan fingerprint density at radius 3 is 2.92 bits per heavy atom. The lowest BCUT2D eigenvalue weighted by atomic mass is 10.2. The number of rotatable bonds is 2. The fourth-order valence-electron chi connectivity index (χ4n) is 0.838. The van der Waals surface area contributed by atoms with Crippen LogP contribution in [0.15, 0.2) is 22.7 Å². The maximum absolute atomic E-state index is 11.2. The van der Waals surface area contributed by atoms with Crippen LogP contribution in [0, 0.1) is 0 Å². The standard InChI is InChI=1S/C8H8BrNO3/c1-13-10-8(12)6-4-5(9)2-3-7(6)11/h2-4,11H,1H3,(H,10,12). The molecule has 4 nitrogen and oxygen atoms in total. The Labute approximate surface area is 83.6 Å². The Kier molecular flexibility index (Phi) is 3.27. The van der Waals surface area contributed by atoms with Gasteiger partial charge < -0.3 is 5.11 Å². The van der Waals surface area contributed by atoms with Crippen LogP contribution in [-0.4, -0.2) is 18.1 Å². The zero-order valence-electron chi connectivity index (χ0n) is 6.87. The lowest BCUT2D eigenvalue weighted by Gasteiger charge is -2.04. The minimum Gasteiger partial charge on any atom is -0.507 e. The smallest absolute Gasteiger partial charge is 0.278 e. The number of hydrogen-bond donors (Lipinski definition) is 2. The number of benzene rings is 1. The maximum atomic E-state index is 11.2. The van der Waals surface area contributed by atoms with Crippen molar-refractivity contribution in [3.05, 3.63) is 28.2 Å². The summed E-state index contributed by atoms with van der Waals surface area (Å²) < 4.78 is 0.714. The molecule has 0 saturated heterocycles. The first-order valence-electron chi connectivity index (χ1n) is 3.47. The molecule has 1 aromatic carbocycles. The summed E-state index contributed by atoms with van der Waals surface area (Å²) in [6, 6.07) is 4.57. The average Bonchev–Trinajstić information content (AvgIpc) is 2.09. The number of phenols is 1. The normalized spacial score (nSPS) is 9.69. The van der Waals surface area contributed by atoms with Crippen molar-refractivity contribution in [2.45, 2.75) is 0 Å². The van der Waals surface area contributed by atoms with Gasteiger partial charge >= 0.3 is 0 Å². The van der Waals surface area contributed by atoms with Crippen LogP contribution in [0.3, 0.4) is 0 Å². The highest BCUT2D eigenvalue weighted by molar-refractivity contribution is 9.10. The van der Waals surface area contributed by atoms with Crippen molar-refractivity contribution in [3.63, 3.8) is 0 Å². The van der Waals surface area contributed by atoms with Crippen LogP contribution in [0.25, 0.3) is 0 Å². The molecular weight excluding hydrogens is 238 g/mol. The van der Waals surface area contributed by atoms with Crippen molar-refractivity contribution in [2.75, 3.05) is 7.11 Å². The molecule has 0 aliphatic heterocycles. The van der Waals surface area contributed by atoms with Gasteiger partial charge in [-0.15, -0.1) is 0 Å². The van der Waals surface area contributed by atoms with E-state index >= 15 is 0 Å². The molecule has 0 unspecified atom stereocenters. The van der Waals surface area contributed by atoms with Crippen molar-refractivity contribution in [3.8, 4) is 5.75 Å². The molecule has 5 heteroatoms. The van der Waals surface area contributed by atoms with Crippen molar-refractivity contribution in [2.24, 2.45) is 0 Å². The summed E-state index contributed by atoms with van der Waals surface area (Å²) in [7, 11) is 1.33. The van der Waals surface area contributed by atoms with Crippen LogP contribution in [0.1, 0.15) is 10.4 Å². The highest BCUT2D eigenvalue weighted by Crippen LogP contribution is 2.21. The first-order chi connectivity index (χ1) is 6.15. The van der Waals surface area contributed by atoms with Crippen molar-refractivity contribution < 1.29 is 14.7 Å². The number of hydroxylamine groups is 1. The first-order valence-corrected chi connectivity index (χ1v) is 4.26. The summed E-state index contributed by atoms with van der Waals surface area (Å²) >= 11 is 3.18. The number of phenolic OH excluding ortho intramolecular Hbond substituents is 1. The van der Waals surface area contributed by atoms with E-state index in [0.717, 1.165) is 0 Å². The summed E-state index contributed by atoms with van der Waals surface area (Å²) in [5.74, 6) is -0.570. The first kappa shape index (κ1) is 10.0. The van der Waals surface area contributed by atoms with E-state index < -0.39 is 5.91 Å². The third kappa shape index (κ3) is 2.43. The largest absolute Gasteiger partial charge is 0.507 e. The quantitative estimate of drug-likeness (QED) is 0.776. The molecule has 0 bridgehead atoms. The van der Waals surface area contributed by atoms with Gasteiger partial charge in [0.2, 0.25) is 0 Å². The number of hydrogen-bond acceptors (Lipinski definition) is 3. The summed E-state index contributed by atoms with van der Waals surface area (Å²) in [5.41, 5.74) is 2.27. The molecule has 0 aliphatic rings. The van der Waals surface area contributed by atoms with Crippen LogP contribution in [0.4, 0.5) is 0 Å². The van der Waals surface area contributed by atoms with Crippen LogP contribution in [0.5, 0.6) is 5.75 Å². The third-order valence-corrected chi connectivity index (χ3v) is 1.89. The van der Waals surface area contributed by atoms with Gasteiger partial charge in [0.05, 0.1) is 12.7 Å². The summed E-state index contributed by atoms with van der Waals surface area (Å²) in [5, 5.41) is 9.29. The number of amides is 1. The summed E-state index contributed by atoms with van der Waals surface area (Å²) in [6.45, 7) is 0. The molecule has 0 fully saturated rings. The molecular formula is C8H8BrNO3. The molecule has 70 valence electrons. The Morgan fingerprint density at radius 2 is 2.31 bits per heavy atom. The van der Waals surface area contributed by atoms with E-state index in [1.54, 1.807) is 6.07 Å². The molecule has 0 radical (unpaired) electrons. The van der Waals surface area contributed by atoms with Gasteiger partial charge in [0.1, 0.15) is 5.75 Å². The monoisotopic (exact) mass is 245 g/mol. The number of halogens is 1. The van der Waals surface area contributed by atoms with Gasteiger partial charge in [-0.2, -0.15) is 0 Å². The minimum atomic E-state index is -0.485. The van der Waals surface area contributed by atoms with Gasteiger partial charge in [-0.25, -0.2) is 5.48 Å². The molecule has 0 heterocycles. The zero-order valence-corrected chi connectivity index (χ0v) is 8.46. The second-order valence-corrected chi connectivity index (χ2v) is 3.21. The van der Waals surface area contributed by atoms with E-state index in [1.807, 2.05) is 0 Å². The van der Waals surface area contributed by atoms with E-state index in [2.05, 4.69) is 26.2 Å². The molecule has 1 rings (SSSR count). The third-order valence-electron chi connectivity index (χ3n) is 1.40. The van der Waals surface area contributed by atoms with Crippen LogP contribution in [-0.2, 0) is 4.84 Å². The number of aromatic hydroxyl groups is 1. The van der Waals surface area contributed by atoms with E-state index in [9.17, 15) is 9.90 Å². The van der Waals surface area contributed by atoms with Crippen molar-refractivity contribution in [1.29, 1.82) is 0 Å². The Bertz CT molecular complexity index is 327. The van der Waals surface area contributed by atoms with Gasteiger partial charge in [-0.05, 0) is 18.2 Å². The van der Waals surface area contributed by atoms with Gasteiger partial charge in [0.25, 0.3) is 5.91 Å². The van der Waals surface area contributed by atoms with Gasteiger partial charge in [-0.1, -0.05) is 15.9 Å². The lowest BCUT2D eigenvalue weighted by Crippen LogP contribution is -2.21. The lowest BCUT2D eigenvalue weighted by molar-refractivity contribution is 0.0535. The molecule has 0 aromatic heterocycles. The van der Waals surface area contributed by atoms with Crippen LogP contribution >= 0.6 is 15.9 Å². The Balaban J connectivity index is 2.99. The number of nitrogens with one attached hydrogen (secondary N) is 1. The molecule has 2 N–H and O–H groups in total. The highest BCUT2D eigenvalue weighted by Gasteiger charge is 2.10. The molecule has 1 amide bonds. The van der Waals surface area contributed by atoms with Gasteiger partial charge in [-0.3, -0.25) is 9.63 Å². The fourth-order valence-corrected chi connectivity index (χ4v) is 1.20. The SMILES string of the molecule is CONC(=O)c1cc(Br)ccc1O. The van der Waals surface area contributed by atoms with Crippen LogP contribution < -0.4 is 5.48 Å². The molecule has 0 aliphatic carbocycles. The van der Waals surface area contributed by atoms with E-state index in [-0.39, 0.29) is 11.3 Å². The zero-order chi connectivity index (χ0) is 9.84. The van der Waals surface area contributed by atoms with Gasteiger partial charge in [0, 0.05) is 4.47 Å². The molecule has 0 spiro atoms. The average molecular weight is 246 g/mol. The molecule has 0 atom stereocenters.